The van der Waals surface area contributed by atoms with Gasteiger partial charge in [0.2, 0.25) is 5.89 Å². The van der Waals surface area contributed by atoms with Gasteiger partial charge in [-0.3, -0.25) is 0 Å². The van der Waals surface area contributed by atoms with Crippen LogP contribution in [0.4, 0.5) is 0 Å². The van der Waals surface area contributed by atoms with Gasteiger partial charge in [0.25, 0.3) is 0 Å². The zero-order valence-electron chi connectivity index (χ0n) is 16.9. The molecule has 144 valence electrons. The summed E-state index contributed by atoms with van der Waals surface area (Å²) in [7, 11) is 0. The molecule has 0 aliphatic carbocycles. The van der Waals surface area contributed by atoms with Crippen LogP contribution in [0.1, 0.15) is 31.2 Å². The van der Waals surface area contributed by atoms with Crippen LogP contribution in [0.15, 0.2) is 59.6 Å². The van der Waals surface area contributed by atoms with Gasteiger partial charge in [-0.2, -0.15) is 0 Å². The van der Waals surface area contributed by atoms with Gasteiger partial charge in [0.15, 0.2) is 0 Å². The first-order valence-corrected chi connectivity index (χ1v) is 10.4. The van der Waals surface area contributed by atoms with Gasteiger partial charge in [0, 0.05) is 10.4 Å². The Morgan fingerprint density at radius 2 is 1.83 bits per heavy atom. The second-order valence-electron chi connectivity index (χ2n) is 8.27. The van der Waals surface area contributed by atoms with Crippen molar-refractivity contribution < 1.29 is 4.42 Å². The highest BCUT2D eigenvalue weighted by molar-refractivity contribution is 7.20. The van der Waals surface area contributed by atoms with Crippen molar-refractivity contribution in [2.24, 2.45) is 0 Å². The monoisotopic (exact) mass is 399 g/mol. The number of hydrogen-bond donors (Lipinski definition) is 0. The van der Waals surface area contributed by atoms with Crippen LogP contribution in [-0.4, -0.2) is 15.0 Å². The van der Waals surface area contributed by atoms with Crippen molar-refractivity contribution in [2.75, 3.05) is 0 Å². The number of benzene rings is 2. The second kappa shape index (κ2) is 6.49. The molecular weight excluding hydrogens is 378 g/mol. The second-order valence-corrected chi connectivity index (χ2v) is 9.49. The highest BCUT2D eigenvalue weighted by atomic mass is 32.1. The molecule has 0 atom stereocenters. The fraction of sp³-hybridized carbons (Fsp3) is 0.208. The molecule has 0 saturated heterocycles. The molecule has 5 heteroatoms. The lowest BCUT2D eigenvalue weighted by Gasteiger charge is -2.22. The molecule has 3 aromatic heterocycles. The standard InChI is InChI=1S/C24H21N3OS/c1-14-19(23-25-9-10-28-23)21-22(29-14)20(26-13-27-21)16-11-15-7-5-6-8-17(15)18(12-16)24(2,3)4/h5-13H,1-4H3. The average Bonchev–Trinajstić information content (AvgIpc) is 3.32. The number of aromatic nitrogens is 3. The Labute approximate surface area is 173 Å². The van der Waals surface area contributed by atoms with Gasteiger partial charge in [-0.15, -0.1) is 11.3 Å². The average molecular weight is 400 g/mol. The number of oxazole rings is 1. The summed E-state index contributed by atoms with van der Waals surface area (Å²) >= 11 is 1.69. The molecule has 0 saturated carbocycles. The normalized spacial score (nSPS) is 12.1. The predicted molar refractivity (Wildman–Crippen MR) is 119 cm³/mol. The Kier molecular flexibility index (Phi) is 4.03. The maximum Gasteiger partial charge on any atom is 0.229 e. The van der Waals surface area contributed by atoms with Gasteiger partial charge in [0.05, 0.1) is 27.7 Å². The molecule has 0 amide bonds. The summed E-state index contributed by atoms with van der Waals surface area (Å²) in [5.41, 5.74) is 5.26. The predicted octanol–water partition coefficient (Wildman–Crippen LogP) is 6.77. The lowest BCUT2D eigenvalue weighted by Crippen LogP contribution is -2.12. The largest absolute Gasteiger partial charge is 0.444 e. The van der Waals surface area contributed by atoms with E-state index in [1.165, 1.54) is 16.3 Å². The summed E-state index contributed by atoms with van der Waals surface area (Å²) in [4.78, 5) is 14.7. The first-order valence-electron chi connectivity index (χ1n) is 9.61. The highest BCUT2D eigenvalue weighted by Gasteiger charge is 2.22. The Morgan fingerprint density at radius 1 is 1.00 bits per heavy atom. The van der Waals surface area contributed by atoms with Crippen molar-refractivity contribution in [3.8, 4) is 22.7 Å². The van der Waals surface area contributed by atoms with E-state index in [2.05, 4.69) is 74.1 Å². The Morgan fingerprint density at radius 3 is 2.59 bits per heavy atom. The van der Waals surface area contributed by atoms with Crippen molar-refractivity contribution in [1.29, 1.82) is 0 Å². The number of fused-ring (bicyclic) bond motifs is 2. The van der Waals surface area contributed by atoms with Gasteiger partial charge in [0.1, 0.15) is 12.6 Å². The summed E-state index contributed by atoms with van der Waals surface area (Å²) < 4.78 is 6.63. The molecule has 0 spiro atoms. The number of aryl methyl sites for hydroxylation is 1. The third-order valence-corrected chi connectivity index (χ3v) is 6.34. The van der Waals surface area contributed by atoms with Crippen molar-refractivity contribution in [2.45, 2.75) is 33.1 Å². The van der Waals surface area contributed by atoms with Crippen molar-refractivity contribution in [3.05, 3.63) is 65.6 Å². The first kappa shape index (κ1) is 18.0. The number of nitrogens with zero attached hydrogens (tertiary/aromatic N) is 3. The maximum absolute atomic E-state index is 5.57. The molecule has 0 aliphatic rings. The Hall–Kier alpha value is -3.05. The summed E-state index contributed by atoms with van der Waals surface area (Å²) in [5, 5.41) is 2.51. The van der Waals surface area contributed by atoms with Crippen LogP contribution in [0, 0.1) is 6.92 Å². The minimum Gasteiger partial charge on any atom is -0.444 e. The van der Waals surface area contributed by atoms with Crippen molar-refractivity contribution >= 4 is 32.3 Å². The van der Waals surface area contributed by atoms with E-state index in [1.807, 2.05) is 0 Å². The topological polar surface area (TPSA) is 51.8 Å². The summed E-state index contributed by atoms with van der Waals surface area (Å²) in [6.45, 7) is 8.84. The van der Waals surface area contributed by atoms with Gasteiger partial charge < -0.3 is 4.42 Å². The molecule has 0 aliphatic heterocycles. The quantitative estimate of drug-likeness (QED) is 0.328. The number of thiophene rings is 1. The van der Waals surface area contributed by atoms with Crippen molar-refractivity contribution in [3.63, 3.8) is 0 Å². The molecule has 0 radical (unpaired) electrons. The molecule has 3 heterocycles. The fourth-order valence-corrected chi connectivity index (χ4v) is 5.00. The maximum atomic E-state index is 5.57. The van der Waals surface area contributed by atoms with Gasteiger partial charge >= 0.3 is 0 Å². The third-order valence-electron chi connectivity index (χ3n) is 5.24. The summed E-state index contributed by atoms with van der Waals surface area (Å²) in [5.74, 6) is 0.604. The SMILES string of the molecule is Cc1sc2c(-c3cc(C(C)(C)C)c4ccccc4c3)ncnc2c1-c1ncco1. The van der Waals surface area contributed by atoms with E-state index in [-0.39, 0.29) is 5.41 Å². The number of hydrogen-bond acceptors (Lipinski definition) is 5. The Balaban J connectivity index is 1.81. The zero-order chi connectivity index (χ0) is 20.2. The molecule has 0 bridgehead atoms. The van der Waals surface area contributed by atoms with Crippen LogP contribution in [0.25, 0.3) is 43.7 Å². The molecule has 0 fully saturated rings. The molecule has 0 N–H and O–H groups in total. The summed E-state index contributed by atoms with van der Waals surface area (Å²) in [6.07, 6.45) is 4.90. The van der Waals surface area contributed by atoms with Gasteiger partial charge in [-0.25, -0.2) is 15.0 Å². The van der Waals surface area contributed by atoms with E-state index < -0.39 is 0 Å². The van der Waals surface area contributed by atoms with E-state index in [0.29, 0.717) is 5.89 Å². The van der Waals surface area contributed by atoms with E-state index >= 15 is 0 Å². The van der Waals surface area contributed by atoms with E-state index in [9.17, 15) is 0 Å². The third kappa shape index (κ3) is 2.93. The van der Waals surface area contributed by atoms with Crippen LogP contribution in [0.5, 0.6) is 0 Å². The van der Waals surface area contributed by atoms with E-state index in [1.54, 1.807) is 30.1 Å². The van der Waals surface area contributed by atoms with E-state index in [4.69, 9.17) is 9.40 Å². The Bertz CT molecular complexity index is 1340. The highest BCUT2D eigenvalue weighted by Crippen LogP contribution is 2.42. The molecule has 29 heavy (non-hydrogen) atoms. The smallest absolute Gasteiger partial charge is 0.229 e. The first-order chi connectivity index (χ1) is 13.9. The lowest BCUT2D eigenvalue weighted by molar-refractivity contribution is 0.575. The van der Waals surface area contributed by atoms with Gasteiger partial charge in [-0.05, 0) is 40.8 Å². The number of rotatable bonds is 2. The molecule has 4 nitrogen and oxygen atoms in total. The summed E-state index contributed by atoms with van der Waals surface area (Å²) in [6, 6.07) is 13.1. The van der Waals surface area contributed by atoms with Crippen LogP contribution in [0.3, 0.4) is 0 Å². The van der Waals surface area contributed by atoms with Crippen LogP contribution in [0.2, 0.25) is 0 Å². The molecular formula is C24H21N3OS. The van der Waals surface area contributed by atoms with E-state index in [0.717, 1.165) is 31.9 Å². The van der Waals surface area contributed by atoms with Crippen LogP contribution < -0.4 is 0 Å². The lowest BCUT2D eigenvalue weighted by atomic mass is 9.82. The molecule has 0 unspecified atom stereocenters. The van der Waals surface area contributed by atoms with Crippen LogP contribution >= 0.6 is 11.3 Å². The minimum absolute atomic E-state index is 0.0242. The fourth-order valence-electron chi connectivity index (χ4n) is 3.89. The molecule has 5 aromatic rings. The molecule has 2 aromatic carbocycles. The zero-order valence-corrected chi connectivity index (χ0v) is 17.7. The van der Waals surface area contributed by atoms with Gasteiger partial charge in [-0.1, -0.05) is 45.0 Å². The van der Waals surface area contributed by atoms with Crippen molar-refractivity contribution in [1.82, 2.24) is 15.0 Å². The van der Waals surface area contributed by atoms with Crippen LogP contribution in [-0.2, 0) is 5.41 Å². The minimum atomic E-state index is 0.0242. The molecule has 5 rings (SSSR count).